The van der Waals surface area contributed by atoms with Gasteiger partial charge in [0.15, 0.2) is 0 Å². The number of nitrogens with one attached hydrogen (secondary N) is 2. The van der Waals surface area contributed by atoms with E-state index in [4.69, 9.17) is 11.6 Å². The van der Waals surface area contributed by atoms with E-state index in [1.165, 1.54) is 0 Å². The summed E-state index contributed by atoms with van der Waals surface area (Å²) >= 11 is 6.10. The molecular formula is C26H22ClN5O. The van der Waals surface area contributed by atoms with Gasteiger partial charge in [0.2, 0.25) is 11.9 Å². The zero-order valence-electron chi connectivity index (χ0n) is 17.8. The number of hydrogen-bond acceptors (Lipinski definition) is 4. The zero-order chi connectivity index (χ0) is 22.6. The Balaban J connectivity index is 1.40. The molecule has 0 spiro atoms. The number of amides is 1. The first kappa shape index (κ1) is 21.0. The highest BCUT2D eigenvalue weighted by Gasteiger charge is 2.25. The van der Waals surface area contributed by atoms with Gasteiger partial charge in [0.25, 0.3) is 5.95 Å². The lowest BCUT2D eigenvalue weighted by Gasteiger charge is -2.24. The normalized spacial score (nSPS) is 14.7. The Morgan fingerprint density at radius 2 is 1.67 bits per heavy atom. The molecule has 0 radical (unpaired) electrons. The number of carbonyl (C=O) groups excluding carboxylic acids is 1. The third-order valence-corrected chi connectivity index (χ3v) is 5.75. The molecule has 33 heavy (non-hydrogen) atoms. The quantitative estimate of drug-likeness (QED) is 0.399. The van der Waals surface area contributed by atoms with Gasteiger partial charge in [0.1, 0.15) is 6.04 Å². The first-order valence-electron chi connectivity index (χ1n) is 10.8. The molecule has 1 amide bonds. The molecule has 7 heteroatoms. The molecule has 1 atom stereocenters. The molecule has 3 aromatic carbocycles. The second-order valence-electron chi connectivity index (χ2n) is 7.81. The lowest BCUT2D eigenvalue weighted by molar-refractivity contribution is -0.116. The molecule has 2 heterocycles. The Labute approximate surface area is 196 Å². The van der Waals surface area contributed by atoms with Gasteiger partial charge in [-0.1, -0.05) is 84.4 Å². The molecule has 1 aliphatic rings. The minimum Gasteiger partial charge on any atom is -0.324 e. The van der Waals surface area contributed by atoms with Crippen molar-refractivity contribution in [3.05, 3.63) is 113 Å². The van der Waals surface area contributed by atoms with Crippen molar-refractivity contribution in [1.29, 1.82) is 0 Å². The molecule has 2 N–H and O–H groups in total. The van der Waals surface area contributed by atoms with Crippen LogP contribution in [0.3, 0.4) is 0 Å². The fourth-order valence-electron chi connectivity index (χ4n) is 3.82. The predicted molar refractivity (Wildman–Crippen MR) is 131 cm³/mol. The van der Waals surface area contributed by atoms with E-state index in [0.29, 0.717) is 23.8 Å². The number of anilines is 2. The van der Waals surface area contributed by atoms with Crippen LogP contribution in [0.5, 0.6) is 0 Å². The van der Waals surface area contributed by atoms with Crippen LogP contribution in [-0.4, -0.2) is 20.7 Å². The lowest BCUT2D eigenvalue weighted by Crippen LogP contribution is -2.20. The lowest BCUT2D eigenvalue weighted by atomic mass is 10.0. The maximum Gasteiger partial charge on any atom is 0.250 e. The third-order valence-electron chi connectivity index (χ3n) is 5.50. The average Bonchev–Trinajstić information content (AvgIpc) is 3.26. The predicted octanol–water partition coefficient (Wildman–Crippen LogP) is 5.56. The van der Waals surface area contributed by atoms with Gasteiger partial charge in [-0.2, -0.15) is 4.98 Å². The third kappa shape index (κ3) is 4.81. The molecule has 5 rings (SSSR count). The number of allylic oxidation sites excluding steroid dienone is 1. The molecule has 0 aliphatic carbocycles. The highest BCUT2D eigenvalue weighted by molar-refractivity contribution is 6.30. The number of carbonyl (C=O) groups is 1. The molecule has 0 bridgehead atoms. The summed E-state index contributed by atoms with van der Waals surface area (Å²) in [6.45, 7) is 0. The van der Waals surface area contributed by atoms with Crippen LogP contribution in [0.4, 0.5) is 11.9 Å². The van der Waals surface area contributed by atoms with Crippen LogP contribution in [-0.2, 0) is 11.2 Å². The smallest absolute Gasteiger partial charge is 0.250 e. The van der Waals surface area contributed by atoms with Gasteiger partial charge in [-0.05, 0) is 41.3 Å². The summed E-state index contributed by atoms with van der Waals surface area (Å²) in [4.78, 5) is 17.1. The van der Waals surface area contributed by atoms with Crippen molar-refractivity contribution in [3.8, 4) is 0 Å². The Morgan fingerprint density at radius 1 is 0.970 bits per heavy atom. The molecule has 6 nitrogen and oxygen atoms in total. The van der Waals surface area contributed by atoms with Gasteiger partial charge in [-0.15, -0.1) is 5.10 Å². The number of rotatable bonds is 6. The number of fused-ring (bicyclic) bond motifs is 1. The summed E-state index contributed by atoms with van der Waals surface area (Å²) in [7, 11) is 0. The maximum atomic E-state index is 12.5. The van der Waals surface area contributed by atoms with E-state index in [1.54, 1.807) is 4.68 Å². The summed E-state index contributed by atoms with van der Waals surface area (Å²) in [6.07, 6.45) is 3.11. The molecule has 1 aromatic heterocycles. The van der Waals surface area contributed by atoms with Crippen molar-refractivity contribution in [1.82, 2.24) is 14.8 Å². The number of nitrogens with zero attached hydrogens (tertiary/aromatic N) is 3. The molecule has 0 fully saturated rings. The van der Waals surface area contributed by atoms with Crippen molar-refractivity contribution < 1.29 is 4.79 Å². The van der Waals surface area contributed by atoms with Crippen LogP contribution in [0.15, 0.2) is 91.0 Å². The highest BCUT2D eigenvalue weighted by atomic mass is 35.5. The molecule has 0 saturated heterocycles. The van der Waals surface area contributed by atoms with Crippen LogP contribution in [0.25, 0.3) is 5.70 Å². The summed E-state index contributed by atoms with van der Waals surface area (Å²) in [5.41, 5.74) is 4.10. The summed E-state index contributed by atoms with van der Waals surface area (Å²) in [5, 5.41) is 11.4. The molecule has 1 aliphatic heterocycles. The molecule has 0 saturated carbocycles. The van der Waals surface area contributed by atoms with Crippen LogP contribution in [0.1, 0.15) is 29.2 Å². The van der Waals surface area contributed by atoms with Gasteiger partial charge in [-0.3, -0.25) is 10.1 Å². The van der Waals surface area contributed by atoms with E-state index >= 15 is 0 Å². The number of benzene rings is 3. The van der Waals surface area contributed by atoms with Crippen molar-refractivity contribution >= 4 is 35.1 Å². The first-order chi connectivity index (χ1) is 16.2. The second-order valence-corrected chi connectivity index (χ2v) is 8.24. The highest BCUT2D eigenvalue weighted by Crippen LogP contribution is 2.33. The number of aryl methyl sites for hydroxylation is 1. The van der Waals surface area contributed by atoms with E-state index in [1.807, 2.05) is 84.9 Å². The SMILES string of the molecule is O=C(CCc1ccccc1)Nc1nc2n(n1)[C@H](c1ccc(Cl)cc1)C=C(c1ccccc1)N2. The molecule has 0 unspecified atom stereocenters. The minimum absolute atomic E-state index is 0.124. The minimum atomic E-state index is -0.198. The first-order valence-corrected chi connectivity index (χ1v) is 11.1. The summed E-state index contributed by atoms with van der Waals surface area (Å²) < 4.78 is 1.78. The molecule has 4 aromatic rings. The Hall–Kier alpha value is -3.90. The van der Waals surface area contributed by atoms with Crippen LogP contribution in [0.2, 0.25) is 5.02 Å². The van der Waals surface area contributed by atoms with Crippen LogP contribution >= 0.6 is 11.6 Å². The Morgan fingerprint density at radius 3 is 2.39 bits per heavy atom. The number of hydrogen-bond donors (Lipinski definition) is 2. The Bertz CT molecular complexity index is 1280. The van der Waals surface area contributed by atoms with Gasteiger partial charge < -0.3 is 5.32 Å². The maximum absolute atomic E-state index is 12.5. The van der Waals surface area contributed by atoms with Gasteiger partial charge in [0, 0.05) is 17.1 Å². The van der Waals surface area contributed by atoms with Crippen LogP contribution < -0.4 is 10.6 Å². The molecular weight excluding hydrogens is 434 g/mol. The Kier molecular flexibility index (Phi) is 5.91. The standard InChI is InChI=1S/C26H22ClN5O/c27-21-14-12-20(13-15-21)23-17-22(19-9-5-2-6-10-19)28-26-30-25(31-32(23)26)29-24(33)16-11-18-7-3-1-4-8-18/h1-10,12-15,17,23H,11,16H2,(H2,28,29,30,31,33)/t23-/m0/s1. The average molecular weight is 456 g/mol. The fraction of sp³-hybridized carbons (Fsp3) is 0.115. The van der Waals surface area contributed by atoms with Gasteiger partial charge in [-0.25, -0.2) is 4.68 Å². The van der Waals surface area contributed by atoms with Crippen molar-refractivity contribution in [2.45, 2.75) is 18.9 Å². The molecule has 164 valence electrons. The van der Waals surface area contributed by atoms with Crippen molar-refractivity contribution in [3.63, 3.8) is 0 Å². The van der Waals surface area contributed by atoms with E-state index in [-0.39, 0.29) is 17.9 Å². The van der Waals surface area contributed by atoms with Crippen LogP contribution in [0, 0.1) is 0 Å². The van der Waals surface area contributed by atoms with Gasteiger partial charge in [0.05, 0.1) is 0 Å². The fourth-order valence-corrected chi connectivity index (χ4v) is 3.95. The van der Waals surface area contributed by atoms with Crippen molar-refractivity contribution in [2.75, 3.05) is 10.6 Å². The number of halogens is 1. The topological polar surface area (TPSA) is 71.8 Å². The number of aromatic nitrogens is 3. The van der Waals surface area contributed by atoms with Gasteiger partial charge >= 0.3 is 0 Å². The summed E-state index contributed by atoms with van der Waals surface area (Å²) in [6, 6.07) is 27.4. The largest absolute Gasteiger partial charge is 0.324 e. The van der Waals surface area contributed by atoms with Crippen molar-refractivity contribution in [2.24, 2.45) is 0 Å². The van der Waals surface area contributed by atoms with E-state index in [2.05, 4.69) is 26.8 Å². The van der Waals surface area contributed by atoms with E-state index < -0.39 is 0 Å². The summed E-state index contributed by atoms with van der Waals surface area (Å²) in [5.74, 6) is 0.716. The van der Waals surface area contributed by atoms with E-state index in [0.717, 1.165) is 22.4 Å². The second kappa shape index (κ2) is 9.30. The van der Waals surface area contributed by atoms with E-state index in [9.17, 15) is 4.79 Å². The monoisotopic (exact) mass is 455 g/mol. The zero-order valence-corrected chi connectivity index (χ0v) is 18.5.